The second kappa shape index (κ2) is 12.9. The van der Waals surface area contributed by atoms with Crippen LogP contribution in [0.3, 0.4) is 0 Å². The number of ketones is 1. The Hall–Kier alpha value is -5.07. The molecule has 0 aliphatic carbocycles. The molecular weight excluding hydrogens is 634 g/mol. The summed E-state index contributed by atoms with van der Waals surface area (Å²) in [7, 11) is 0. The van der Waals surface area contributed by atoms with Gasteiger partial charge in [0.2, 0.25) is 17.4 Å². The second-order valence-electron chi connectivity index (χ2n) is 12.2. The molecule has 0 spiro atoms. The van der Waals surface area contributed by atoms with Crippen molar-refractivity contribution in [3.8, 4) is 33.5 Å². The molecule has 9 nitrogen and oxygen atoms in total. The molecule has 2 aromatic carbocycles. The number of piperidine rings is 1. The van der Waals surface area contributed by atoms with Crippen molar-refractivity contribution in [1.29, 1.82) is 0 Å². The Bertz CT molecular complexity index is 2100. The summed E-state index contributed by atoms with van der Waals surface area (Å²) in [6, 6.07) is 15.4. The van der Waals surface area contributed by atoms with Crippen LogP contribution in [-0.4, -0.2) is 55.7 Å². The number of H-pyrrole nitrogens is 1. The molecule has 48 heavy (non-hydrogen) atoms. The highest BCUT2D eigenvalue weighted by atomic mass is 32.1. The Balaban J connectivity index is 1.15. The summed E-state index contributed by atoms with van der Waals surface area (Å²) < 4.78 is 41.6. The van der Waals surface area contributed by atoms with Gasteiger partial charge in [0.25, 0.3) is 0 Å². The predicted molar refractivity (Wildman–Crippen MR) is 182 cm³/mol. The number of aryl methyl sites for hydroxylation is 1. The Morgan fingerprint density at radius 2 is 1.83 bits per heavy atom. The zero-order valence-corrected chi connectivity index (χ0v) is 27.5. The Kier molecular flexibility index (Phi) is 8.44. The number of nitrogens with zero attached hydrogens (tertiary/aromatic N) is 4. The van der Waals surface area contributed by atoms with Gasteiger partial charge in [0, 0.05) is 46.5 Å². The normalized spacial score (nSPS) is 14.2. The first-order chi connectivity index (χ1) is 23.2. The van der Waals surface area contributed by atoms with Gasteiger partial charge < -0.3 is 25.1 Å². The zero-order chi connectivity index (χ0) is 33.5. The number of carbonyl (C=O) groups excluding carboxylic acids is 1. The van der Waals surface area contributed by atoms with Gasteiger partial charge in [0.15, 0.2) is 11.6 Å². The van der Waals surface area contributed by atoms with E-state index in [4.69, 9.17) is 15.2 Å². The van der Waals surface area contributed by atoms with Crippen LogP contribution in [0.1, 0.15) is 48.3 Å². The zero-order valence-electron chi connectivity index (χ0n) is 26.7. The van der Waals surface area contributed by atoms with Gasteiger partial charge in [-0.3, -0.25) is 4.79 Å². The molecule has 0 saturated carbocycles. The SMILES string of the molecule is Cc1cc(Oc2c(F)cccc2F)ncc1-n1ncc(C(=O)c2cc3cc(OC4CCN(C(C)C)CC4)c(-c4cccs4)cc3[nH]2)c1N. The van der Waals surface area contributed by atoms with Gasteiger partial charge in [0.05, 0.1) is 29.3 Å². The highest BCUT2D eigenvalue weighted by Gasteiger charge is 2.25. The third-order valence-electron chi connectivity index (χ3n) is 8.72. The third-order valence-corrected chi connectivity index (χ3v) is 9.62. The standard InChI is InChI=1S/C36H34F2N6O3S/c1-20(2)43-11-9-23(10-12-43)46-31-16-22-15-29(42-28(22)17-24(31)32-8-5-13-48-32)34(45)25-18-41-44(36(25)39)30-19-40-33(14-21(30)3)47-35-26(37)6-4-7-27(35)38/h4-8,13-20,23,42H,9-12,39H2,1-3H3. The second-order valence-corrected chi connectivity index (χ2v) is 13.1. The first-order valence-electron chi connectivity index (χ1n) is 15.7. The number of likely N-dealkylation sites (tertiary alicyclic amines) is 1. The monoisotopic (exact) mass is 668 g/mol. The van der Waals surface area contributed by atoms with E-state index in [1.807, 2.05) is 29.6 Å². The lowest BCUT2D eigenvalue weighted by atomic mass is 10.1. The molecular formula is C36H34F2N6O3S. The highest BCUT2D eigenvalue weighted by molar-refractivity contribution is 7.13. The van der Waals surface area contributed by atoms with Gasteiger partial charge in [-0.25, -0.2) is 18.4 Å². The van der Waals surface area contributed by atoms with E-state index in [0.717, 1.165) is 65.2 Å². The van der Waals surface area contributed by atoms with Crippen LogP contribution in [0, 0.1) is 18.6 Å². The van der Waals surface area contributed by atoms with E-state index >= 15 is 0 Å². The van der Waals surface area contributed by atoms with E-state index < -0.39 is 17.4 Å². The van der Waals surface area contributed by atoms with Gasteiger partial charge in [-0.15, -0.1) is 11.3 Å². The molecule has 0 radical (unpaired) electrons. The number of hydrogen-bond donors (Lipinski definition) is 2. The summed E-state index contributed by atoms with van der Waals surface area (Å²) in [5.41, 5.74) is 9.91. The number of hydrogen-bond acceptors (Lipinski definition) is 8. The molecule has 0 bridgehead atoms. The van der Waals surface area contributed by atoms with E-state index in [2.05, 4.69) is 39.9 Å². The summed E-state index contributed by atoms with van der Waals surface area (Å²) in [5, 5.41) is 7.25. The van der Waals surface area contributed by atoms with Crippen LogP contribution in [0.25, 0.3) is 27.0 Å². The number of carbonyl (C=O) groups is 1. The lowest BCUT2D eigenvalue weighted by Crippen LogP contribution is -2.41. The number of aromatic nitrogens is 4. The number of para-hydroxylation sites is 1. The van der Waals surface area contributed by atoms with Crippen LogP contribution in [0.5, 0.6) is 17.4 Å². The maximum atomic E-state index is 14.1. The van der Waals surface area contributed by atoms with Gasteiger partial charge in [-0.05, 0) is 81.0 Å². The van der Waals surface area contributed by atoms with Gasteiger partial charge >= 0.3 is 0 Å². The van der Waals surface area contributed by atoms with E-state index in [1.54, 1.807) is 18.3 Å². The minimum atomic E-state index is -0.844. The fourth-order valence-electron chi connectivity index (χ4n) is 6.05. The predicted octanol–water partition coefficient (Wildman–Crippen LogP) is 7.92. The number of ether oxygens (including phenoxy) is 2. The number of nitrogens with two attached hydrogens (primary N) is 1. The average molecular weight is 669 g/mol. The first kappa shape index (κ1) is 31.5. The van der Waals surface area contributed by atoms with Crippen molar-refractivity contribution in [2.45, 2.75) is 45.8 Å². The molecule has 0 unspecified atom stereocenters. The lowest BCUT2D eigenvalue weighted by molar-refractivity contribution is 0.0848. The quantitative estimate of drug-likeness (QED) is 0.151. The largest absolute Gasteiger partial charge is 0.490 e. The number of aromatic amines is 1. The van der Waals surface area contributed by atoms with Crippen molar-refractivity contribution in [2.75, 3.05) is 18.8 Å². The first-order valence-corrected chi connectivity index (χ1v) is 16.6. The van der Waals surface area contributed by atoms with E-state index in [1.165, 1.54) is 29.2 Å². The Morgan fingerprint density at radius 1 is 1.06 bits per heavy atom. The van der Waals surface area contributed by atoms with Crippen LogP contribution in [0.2, 0.25) is 0 Å². The van der Waals surface area contributed by atoms with Crippen molar-refractivity contribution < 1.29 is 23.0 Å². The number of nitrogen functional groups attached to an aromatic ring is 1. The topological polar surface area (TPSA) is 111 Å². The number of benzene rings is 2. The molecule has 6 aromatic rings. The number of rotatable bonds is 9. The van der Waals surface area contributed by atoms with Crippen molar-refractivity contribution >= 4 is 33.8 Å². The van der Waals surface area contributed by atoms with E-state index in [0.29, 0.717) is 23.0 Å². The van der Waals surface area contributed by atoms with Crippen LogP contribution >= 0.6 is 11.3 Å². The lowest BCUT2D eigenvalue weighted by Gasteiger charge is -2.34. The molecule has 1 aliphatic rings. The molecule has 0 amide bonds. The summed E-state index contributed by atoms with van der Waals surface area (Å²) in [5.74, 6) is -1.65. The molecule has 5 heterocycles. The average Bonchev–Trinajstić information content (AvgIpc) is 3.83. The van der Waals surface area contributed by atoms with Gasteiger partial charge in [-0.2, -0.15) is 5.10 Å². The van der Waals surface area contributed by atoms with Crippen LogP contribution < -0.4 is 15.2 Å². The third kappa shape index (κ3) is 6.04. The fourth-order valence-corrected chi connectivity index (χ4v) is 6.80. The number of halogens is 2. The van der Waals surface area contributed by atoms with Crippen LogP contribution in [-0.2, 0) is 0 Å². The molecule has 1 fully saturated rings. The van der Waals surface area contributed by atoms with Crippen LogP contribution in [0.4, 0.5) is 14.6 Å². The number of pyridine rings is 1. The van der Waals surface area contributed by atoms with E-state index in [9.17, 15) is 13.6 Å². The Labute approximate surface area is 279 Å². The molecule has 1 aliphatic heterocycles. The van der Waals surface area contributed by atoms with Crippen LogP contribution in [0.15, 0.2) is 72.4 Å². The summed E-state index contributed by atoms with van der Waals surface area (Å²) in [4.78, 5) is 24.8. The molecule has 1 saturated heterocycles. The maximum absolute atomic E-state index is 14.1. The van der Waals surface area contributed by atoms with Gasteiger partial charge in [0.1, 0.15) is 17.7 Å². The smallest absolute Gasteiger partial charge is 0.219 e. The minimum absolute atomic E-state index is 0.00774. The van der Waals surface area contributed by atoms with Crippen molar-refractivity contribution in [2.24, 2.45) is 0 Å². The molecule has 246 valence electrons. The molecule has 4 aromatic heterocycles. The fraction of sp³-hybridized carbons (Fsp3) is 0.250. The maximum Gasteiger partial charge on any atom is 0.219 e. The number of nitrogens with one attached hydrogen (secondary N) is 1. The highest BCUT2D eigenvalue weighted by Crippen LogP contribution is 2.39. The summed E-state index contributed by atoms with van der Waals surface area (Å²) in [6.45, 7) is 8.19. The molecule has 0 atom stereocenters. The molecule has 7 rings (SSSR count). The summed E-state index contributed by atoms with van der Waals surface area (Å²) in [6.07, 6.45) is 4.85. The minimum Gasteiger partial charge on any atom is -0.490 e. The Morgan fingerprint density at radius 3 is 2.52 bits per heavy atom. The number of anilines is 1. The van der Waals surface area contributed by atoms with Crippen molar-refractivity contribution in [3.05, 3.63) is 101 Å². The van der Waals surface area contributed by atoms with E-state index in [-0.39, 0.29) is 29.1 Å². The van der Waals surface area contributed by atoms with Crippen molar-refractivity contribution in [1.82, 2.24) is 24.6 Å². The van der Waals surface area contributed by atoms with Crippen molar-refractivity contribution in [3.63, 3.8) is 0 Å². The summed E-state index contributed by atoms with van der Waals surface area (Å²) >= 11 is 1.64. The van der Waals surface area contributed by atoms with Gasteiger partial charge in [-0.1, -0.05) is 12.1 Å². The number of thiophene rings is 1. The molecule has 3 N–H and O–H groups in total. The molecule has 12 heteroatoms. The number of fused-ring (bicyclic) bond motifs is 1.